The van der Waals surface area contributed by atoms with Crippen LogP contribution in [0.15, 0.2) is 79.0 Å². The average molecular weight is 233 g/mol. The van der Waals surface area contributed by atoms with Gasteiger partial charge in [-0.3, -0.25) is 0 Å². The first kappa shape index (κ1) is 10.8. The van der Waals surface area contributed by atoms with Crippen LogP contribution in [0.2, 0.25) is 0 Å². The molecular formula is C17H15N. The summed E-state index contributed by atoms with van der Waals surface area (Å²) in [5.74, 6) is 0. The van der Waals surface area contributed by atoms with E-state index in [4.69, 9.17) is 0 Å². The highest BCUT2D eigenvalue weighted by atomic mass is 15.0. The third kappa shape index (κ3) is 2.21. The highest BCUT2D eigenvalue weighted by Crippen LogP contribution is 2.15. The molecule has 0 spiro atoms. The molecule has 18 heavy (non-hydrogen) atoms. The van der Waals surface area contributed by atoms with E-state index in [1.807, 2.05) is 6.07 Å². The Morgan fingerprint density at radius 3 is 2.06 bits per heavy atom. The number of rotatable bonds is 3. The minimum Gasteiger partial charge on any atom is -0.321 e. The Morgan fingerprint density at radius 1 is 0.667 bits per heavy atom. The zero-order valence-corrected chi connectivity index (χ0v) is 10.2. The van der Waals surface area contributed by atoms with Crippen LogP contribution < -0.4 is 0 Å². The molecule has 0 bridgehead atoms. The summed E-state index contributed by atoms with van der Waals surface area (Å²) in [5.41, 5.74) is 3.87. The van der Waals surface area contributed by atoms with Crippen molar-refractivity contribution in [3.8, 4) is 5.69 Å². The van der Waals surface area contributed by atoms with Gasteiger partial charge in [-0.1, -0.05) is 48.5 Å². The van der Waals surface area contributed by atoms with Crippen LogP contribution in [0.25, 0.3) is 5.69 Å². The molecule has 0 aliphatic heterocycles. The van der Waals surface area contributed by atoms with Crippen molar-refractivity contribution in [1.29, 1.82) is 0 Å². The number of hydrogen-bond donors (Lipinski definition) is 0. The highest BCUT2D eigenvalue weighted by molar-refractivity contribution is 5.36. The Kier molecular flexibility index (Phi) is 2.97. The maximum atomic E-state index is 2.24. The van der Waals surface area contributed by atoms with Crippen LogP contribution in [0.3, 0.4) is 0 Å². The Morgan fingerprint density at radius 2 is 1.33 bits per heavy atom. The third-order valence-corrected chi connectivity index (χ3v) is 3.10. The van der Waals surface area contributed by atoms with Crippen molar-refractivity contribution < 1.29 is 0 Å². The van der Waals surface area contributed by atoms with E-state index in [2.05, 4.69) is 77.5 Å². The second-order valence-corrected chi connectivity index (χ2v) is 4.37. The fraction of sp³-hybridized carbons (Fsp3) is 0.0588. The molecule has 0 fully saturated rings. The van der Waals surface area contributed by atoms with Crippen molar-refractivity contribution in [3.05, 3.63) is 90.3 Å². The van der Waals surface area contributed by atoms with Crippen LogP contribution in [0.1, 0.15) is 11.3 Å². The molecule has 0 N–H and O–H groups in total. The third-order valence-electron chi connectivity index (χ3n) is 3.10. The molecular weight excluding hydrogens is 218 g/mol. The molecule has 0 aliphatic rings. The zero-order chi connectivity index (χ0) is 12.2. The number of nitrogens with zero attached hydrogens (tertiary/aromatic N) is 1. The maximum absolute atomic E-state index is 2.24. The Bertz CT molecular complexity index is 608. The van der Waals surface area contributed by atoms with Gasteiger partial charge in [0, 0.05) is 24.0 Å². The van der Waals surface area contributed by atoms with E-state index >= 15 is 0 Å². The van der Waals surface area contributed by atoms with Gasteiger partial charge in [0.2, 0.25) is 0 Å². The van der Waals surface area contributed by atoms with Gasteiger partial charge < -0.3 is 4.57 Å². The number of hydrogen-bond acceptors (Lipinski definition) is 0. The molecule has 0 amide bonds. The van der Waals surface area contributed by atoms with E-state index < -0.39 is 0 Å². The van der Waals surface area contributed by atoms with Gasteiger partial charge in [0.15, 0.2) is 0 Å². The van der Waals surface area contributed by atoms with Crippen LogP contribution in [0.4, 0.5) is 0 Å². The molecule has 0 aliphatic carbocycles. The first-order chi connectivity index (χ1) is 8.93. The molecule has 0 atom stereocenters. The van der Waals surface area contributed by atoms with Gasteiger partial charge in [0.05, 0.1) is 0 Å². The summed E-state index contributed by atoms with van der Waals surface area (Å²) in [7, 11) is 0. The van der Waals surface area contributed by atoms with E-state index in [0.717, 1.165) is 6.42 Å². The van der Waals surface area contributed by atoms with Crippen LogP contribution in [0, 0.1) is 0 Å². The smallest absolute Gasteiger partial charge is 0.0452 e. The average Bonchev–Trinajstić information content (AvgIpc) is 2.89. The molecule has 1 nitrogen and oxygen atoms in total. The lowest BCUT2D eigenvalue weighted by molar-refractivity contribution is 0.959. The van der Waals surface area contributed by atoms with E-state index in [1.54, 1.807) is 0 Å². The van der Waals surface area contributed by atoms with Crippen molar-refractivity contribution in [1.82, 2.24) is 4.57 Å². The normalized spacial score (nSPS) is 10.4. The maximum Gasteiger partial charge on any atom is 0.0452 e. The number of benzene rings is 2. The SMILES string of the molecule is c1ccc(Cc2cccn2-c2ccccc2)cc1. The summed E-state index contributed by atoms with van der Waals surface area (Å²) in [6, 6.07) is 25.3. The van der Waals surface area contributed by atoms with Crippen LogP contribution in [-0.4, -0.2) is 4.57 Å². The molecule has 3 rings (SSSR count). The Labute approximate surface area is 107 Å². The first-order valence-corrected chi connectivity index (χ1v) is 6.19. The lowest BCUT2D eigenvalue weighted by Crippen LogP contribution is -1.99. The summed E-state index contributed by atoms with van der Waals surface area (Å²) in [4.78, 5) is 0. The van der Waals surface area contributed by atoms with Gasteiger partial charge in [-0.25, -0.2) is 0 Å². The van der Waals surface area contributed by atoms with Gasteiger partial charge in [0.25, 0.3) is 0 Å². The van der Waals surface area contributed by atoms with Gasteiger partial charge in [-0.05, 0) is 29.8 Å². The summed E-state index contributed by atoms with van der Waals surface area (Å²) in [5, 5.41) is 0. The van der Waals surface area contributed by atoms with Gasteiger partial charge >= 0.3 is 0 Å². The van der Waals surface area contributed by atoms with E-state index in [0.29, 0.717) is 0 Å². The Hall–Kier alpha value is -2.28. The summed E-state index contributed by atoms with van der Waals surface area (Å²) < 4.78 is 2.24. The second kappa shape index (κ2) is 4.92. The summed E-state index contributed by atoms with van der Waals surface area (Å²) in [6.07, 6.45) is 3.08. The number of para-hydroxylation sites is 1. The quantitative estimate of drug-likeness (QED) is 0.642. The topological polar surface area (TPSA) is 4.93 Å². The van der Waals surface area contributed by atoms with Crippen molar-refractivity contribution in [2.24, 2.45) is 0 Å². The van der Waals surface area contributed by atoms with E-state index in [9.17, 15) is 0 Å². The van der Waals surface area contributed by atoms with Gasteiger partial charge in [-0.15, -0.1) is 0 Å². The standard InChI is InChI=1S/C17H15N/c1-3-8-15(9-4-1)14-17-12-7-13-18(17)16-10-5-2-6-11-16/h1-13H,14H2. The summed E-state index contributed by atoms with van der Waals surface area (Å²) >= 11 is 0. The largest absolute Gasteiger partial charge is 0.321 e. The molecule has 1 aromatic heterocycles. The molecule has 88 valence electrons. The molecule has 1 heteroatoms. The fourth-order valence-corrected chi connectivity index (χ4v) is 2.21. The summed E-state index contributed by atoms with van der Waals surface area (Å²) in [6.45, 7) is 0. The van der Waals surface area contributed by atoms with Crippen molar-refractivity contribution in [3.63, 3.8) is 0 Å². The van der Waals surface area contributed by atoms with Gasteiger partial charge in [-0.2, -0.15) is 0 Å². The lowest BCUT2D eigenvalue weighted by Gasteiger charge is -2.09. The fourth-order valence-electron chi connectivity index (χ4n) is 2.21. The monoisotopic (exact) mass is 233 g/mol. The molecule has 1 heterocycles. The molecule has 0 saturated heterocycles. The number of aromatic nitrogens is 1. The molecule has 0 saturated carbocycles. The molecule has 0 radical (unpaired) electrons. The van der Waals surface area contributed by atoms with Gasteiger partial charge in [0.1, 0.15) is 0 Å². The molecule has 0 unspecified atom stereocenters. The van der Waals surface area contributed by atoms with Crippen molar-refractivity contribution >= 4 is 0 Å². The first-order valence-electron chi connectivity index (χ1n) is 6.19. The molecule has 2 aromatic carbocycles. The minimum absolute atomic E-state index is 0.961. The minimum atomic E-state index is 0.961. The van der Waals surface area contributed by atoms with Crippen molar-refractivity contribution in [2.75, 3.05) is 0 Å². The zero-order valence-electron chi connectivity index (χ0n) is 10.2. The van der Waals surface area contributed by atoms with E-state index in [-0.39, 0.29) is 0 Å². The lowest BCUT2D eigenvalue weighted by atomic mass is 10.1. The van der Waals surface area contributed by atoms with Crippen LogP contribution >= 0.6 is 0 Å². The van der Waals surface area contributed by atoms with Crippen LogP contribution in [-0.2, 0) is 6.42 Å². The van der Waals surface area contributed by atoms with E-state index in [1.165, 1.54) is 16.9 Å². The predicted octanol–water partition coefficient (Wildman–Crippen LogP) is 4.07. The van der Waals surface area contributed by atoms with Crippen molar-refractivity contribution in [2.45, 2.75) is 6.42 Å². The second-order valence-electron chi connectivity index (χ2n) is 4.37. The molecule has 3 aromatic rings. The predicted molar refractivity (Wildman–Crippen MR) is 75.0 cm³/mol. The van der Waals surface area contributed by atoms with Crippen LogP contribution in [0.5, 0.6) is 0 Å². The Balaban J connectivity index is 1.93. The highest BCUT2D eigenvalue weighted by Gasteiger charge is 2.03.